The molecule has 110 valence electrons. The summed E-state index contributed by atoms with van der Waals surface area (Å²) >= 11 is 5.85. The Morgan fingerprint density at radius 1 is 1.19 bits per heavy atom. The average molecular weight is 312 g/mol. The van der Waals surface area contributed by atoms with E-state index in [-0.39, 0.29) is 11.7 Å². The second kappa shape index (κ2) is 7.04. The number of hydrogen-bond acceptors (Lipinski definition) is 2. The highest BCUT2D eigenvalue weighted by molar-refractivity contribution is 6.30. The molecule has 0 fully saturated rings. The molecule has 0 unspecified atom stereocenters. The van der Waals surface area contributed by atoms with Gasteiger partial charge in [-0.2, -0.15) is 8.78 Å². The molecule has 6 heteroatoms. The summed E-state index contributed by atoms with van der Waals surface area (Å²) in [4.78, 5) is 11.9. The van der Waals surface area contributed by atoms with Gasteiger partial charge in [-0.3, -0.25) is 4.79 Å². The van der Waals surface area contributed by atoms with Crippen molar-refractivity contribution in [2.75, 3.05) is 0 Å². The molecule has 0 aliphatic heterocycles. The van der Waals surface area contributed by atoms with Gasteiger partial charge in [0.2, 0.25) is 0 Å². The Bertz CT molecular complexity index is 617. The third-order valence-corrected chi connectivity index (χ3v) is 2.92. The highest BCUT2D eigenvalue weighted by Gasteiger charge is 2.08. The third kappa shape index (κ3) is 4.72. The molecule has 0 bridgehead atoms. The van der Waals surface area contributed by atoms with Crippen molar-refractivity contribution in [1.82, 2.24) is 5.32 Å². The van der Waals surface area contributed by atoms with Crippen LogP contribution in [0.1, 0.15) is 15.9 Å². The first-order valence-electron chi connectivity index (χ1n) is 6.12. The number of hydrogen-bond donors (Lipinski definition) is 1. The molecule has 0 heterocycles. The van der Waals surface area contributed by atoms with Crippen LogP contribution in [0.3, 0.4) is 0 Å². The van der Waals surface area contributed by atoms with Crippen molar-refractivity contribution in [1.29, 1.82) is 0 Å². The van der Waals surface area contributed by atoms with E-state index in [1.54, 1.807) is 18.2 Å². The lowest BCUT2D eigenvalue weighted by Gasteiger charge is -2.07. The molecule has 21 heavy (non-hydrogen) atoms. The second-order valence-electron chi connectivity index (χ2n) is 4.22. The Morgan fingerprint density at radius 2 is 1.90 bits per heavy atom. The van der Waals surface area contributed by atoms with Gasteiger partial charge in [0.25, 0.3) is 5.91 Å². The van der Waals surface area contributed by atoms with Crippen LogP contribution in [-0.2, 0) is 6.54 Å². The fourth-order valence-corrected chi connectivity index (χ4v) is 1.93. The molecule has 2 rings (SSSR count). The Balaban J connectivity index is 1.94. The Morgan fingerprint density at radius 3 is 2.52 bits per heavy atom. The topological polar surface area (TPSA) is 38.3 Å². The number of nitrogens with one attached hydrogen (secondary N) is 1. The molecule has 2 aromatic carbocycles. The molecule has 1 amide bonds. The smallest absolute Gasteiger partial charge is 0.387 e. The molecule has 0 aromatic heterocycles. The first-order valence-corrected chi connectivity index (χ1v) is 6.50. The molecule has 0 spiro atoms. The van der Waals surface area contributed by atoms with Gasteiger partial charge in [0.15, 0.2) is 0 Å². The van der Waals surface area contributed by atoms with E-state index in [9.17, 15) is 13.6 Å². The van der Waals surface area contributed by atoms with Crippen LogP contribution in [0.4, 0.5) is 8.78 Å². The van der Waals surface area contributed by atoms with Crippen LogP contribution in [0.2, 0.25) is 5.02 Å². The lowest BCUT2D eigenvalue weighted by molar-refractivity contribution is -0.0498. The first-order chi connectivity index (χ1) is 10.0. The molecule has 0 aliphatic rings. The fourth-order valence-electron chi connectivity index (χ4n) is 1.72. The normalized spacial score (nSPS) is 10.5. The van der Waals surface area contributed by atoms with Crippen LogP contribution in [0.15, 0.2) is 48.5 Å². The SMILES string of the molecule is O=C(NCc1cccc(Cl)c1)c1ccc(OC(F)F)cc1. The summed E-state index contributed by atoms with van der Waals surface area (Å²) in [5, 5.41) is 3.31. The van der Waals surface area contributed by atoms with E-state index in [0.717, 1.165) is 5.56 Å². The number of ether oxygens (including phenoxy) is 1. The van der Waals surface area contributed by atoms with Gasteiger partial charge in [-0.1, -0.05) is 23.7 Å². The number of halogens is 3. The first kappa shape index (κ1) is 15.3. The molecule has 3 nitrogen and oxygen atoms in total. The maximum Gasteiger partial charge on any atom is 0.387 e. The van der Waals surface area contributed by atoms with Gasteiger partial charge in [0, 0.05) is 17.1 Å². The minimum Gasteiger partial charge on any atom is -0.435 e. The minimum atomic E-state index is -2.88. The Labute approximate surface area is 125 Å². The van der Waals surface area contributed by atoms with Crippen molar-refractivity contribution in [2.45, 2.75) is 13.2 Å². The zero-order valence-electron chi connectivity index (χ0n) is 10.9. The largest absolute Gasteiger partial charge is 0.435 e. The molecule has 2 aromatic rings. The summed E-state index contributed by atoms with van der Waals surface area (Å²) in [6.45, 7) is -2.55. The molecule has 0 saturated heterocycles. The minimum absolute atomic E-state index is 0.0105. The van der Waals surface area contributed by atoms with Crippen LogP contribution in [-0.4, -0.2) is 12.5 Å². The van der Waals surface area contributed by atoms with Crippen molar-refractivity contribution < 1.29 is 18.3 Å². The predicted molar refractivity (Wildman–Crippen MR) is 75.7 cm³/mol. The Kier molecular flexibility index (Phi) is 5.11. The quantitative estimate of drug-likeness (QED) is 0.910. The van der Waals surface area contributed by atoms with Gasteiger partial charge in [-0.25, -0.2) is 0 Å². The van der Waals surface area contributed by atoms with Gasteiger partial charge >= 0.3 is 6.61 Å². The second-order valence-corrected chi connectivity index (χ2v) is 4.65. The fraction of sp³-hybridized carbons (Fsp3) is 0.133. The lowest BCUT2D eigenvalue weighted by atomic mass is 10.2. The highest BCUT2D eigenvalue weighted by Crippen LogP contribution is 2.15. The van der Waals surface area contributed by atoms with Gasteiger partial charge in [-0.05, 0) is 42.0 Å². The molecule has 0 radical (unpaired) electrons. The number of carbonyl (C=O) groups excluding carboxylic acids is 1. The number of rotatable bonds is 5. The van der Waals surface area contributed by atoms with E-state index in [2.05, 4.69) is 10.1 Å². The summed E-state index contributed by atoms with van der Waals surface area (Å²) < 4.78 is 28.2. The predicted octanol–water partition coefficient (Wildman–Crippen LogP) is 3.87. The zero-order valence-corrected chi connectivity index (χ0v) is 11.6. The summed E-state index contributed by atoms with van der Waals surface area (Å²) in [6.07, 6.45) is 0. The van der Waals surface area contributed by atoms with E-state index in [1.165, 1.54) is 24.3 Å². The van der Waals surface area contributed by atoms with Crippen LogP contribution in [0.25, 0.3) is 0 Å². The van der Waals surface area contributed by atoms with Crippen molar-refractivity contribution in [3.63, 3.8) is 0 Å². The maximum atomic E-state index is 12.0. The summed E-state index contributed by atoms with van der Waals surface area (Å²) in [5.74, 6) is -0.296. The summed E-state index contributed by atoms with van der Waals surface area (Å²) in [5.41, 5.74) is 1.23. The van der Waals surface area contributed by atoms with Gasteiger partial charge < -0.3 is 10.1 Å². The van der Waals surface area contributed by atoms with E-state index in [4.69, 9.17) is 11.6 Å². The van der Waals surface area contributed by atoms with Crippen molar-refractivity contribution >= 4 is 17.5 Å². The van der Waals surface area contributed by atoms with Crippen LogP contribution in [0, 0.1) is 0 Å². The van der Waals surface area contributed by atoms with E-state index in [0.29, 0.717) is 17.1 Å². The third-order valence-electron chi connectivity index (χ3n) is 2.68. The van der Waals surface area contributed by atoms with Gasteiger partial charge in [-0.15, -0.1) is 0 Å². The van der Waals surface area contributed by atoms with Crippen LogP contribution >= 0.6 is 11.6 Å². The molecule has 0 atom stereocenters. The van der Waals surface area contributed by atoms with E-state index in [1.807, 2.05) is 6.07 Å². The molecule has 0 aliphatic carbocycles. The average Bonchev–Trinajstić information content (AvgIpc) is 2.45. The van der Waals surface area contributed by atoms with Crippen LogP contribution in [0.5, 0.6) is 5.75 Å². The lowest BCUT2D eigenvalue weighted by Crippen LogP contribution is -2.22. The molecular formula is C15H12ClF2NO2. The number of benzene rings is 2. The van der Waals surface area contributed by atoms with Gasteiger partial charge in [0.05, 0.1) is 0 Å². The monoisotopic (exact) mass is 311 g/mol. The van der Waals surface area contributed by atoms with Crippen molar-refractivity contribution in [3.8, 4) is 5.75 Å². The highest BCUT2D eigenvalue weighted by atomic mass is 35.5. The number of carbonyl (C=O) groups is 1. The van der Waals surface area contributed by atoms with E-state index < -0.39 is 6.61 Å². The standard InChI is InChI=1S/C15H12ClF2NO2/c16-12-3-1-2-10(8-12)9-19-14(20)11-4-6-13(7-5-11)21-15(17)18/h1-8,15H,9H2,(H,19,20). The summed E-state index contributed by atoms with van der Waals surface area (Å²) in [6, 6.07) is 12.6. The van der Waals surface area contributed by atoms with Crippen molar-refractivity contribution in [3.05, 3.63) is 64.7 Å². The zero-order chi connectivity index (χ0) is 15.2. The summed E-state index contributed by atoms with van der Waals surface area (Å²) in [7, 11) is 0. The van der Waals surface area contributed by atoms with Crippen molar-refractivity contribution in [2.24, 2.45) is 0 Å². The molecule has 1 N–H and O–H groups in total. The number of alkyl halides is 2. The van der Waals surface area contributed by atoms with E-state index >= 15 is 0 Å². The Hall–Kier alpha value is -2.14. The van der Waals surface area contributed by atoms with Crippen LogP contribution < -0.4 is 10.1 Å². The molecule has 0 saturated carbocycles. The number of amides is 1. The molecular weight excluding hydrogens is 300 g/mol. The van der Waals surface area contributed by atoms with Gasteiger partial charge in [0.1, 0.15) is 5.75 Å². The maximum absolute atomic E-state index is 12.0.